The van der Waals surface area contributed by atoms with Crippen molar-refractivity contribution in [3.05, 3.63) is 34.6 Å². The number of piperazine rings is 1. The predicted octanol–water partition coefficient (Wildman–Crippen LogP) is 3.02. The molecule has 2 aliphatic heterocycles. The maximum atomic E-state index is 13.9. The van der Waals surface area contributed by atoms with Crippen molar-refractivity contribution in [2.24, 2.45) is 5.92 Å². The van der Waals surface area contributed by atoms with E-state index in [-0.39, 0.29) is 18.2 Å². The van der Waals surface area contributed by atoms with Crippen LogP contribution in [0.2, 0.25) is 5.02 Å². The molecule has 0 bridgehead atoms. The number of hydrogen-bond donors (Lipinski definition) is 1. The van der Waals surface area contributed by atoms with Gasteiger partial charge in [0.05, 0.1) is 0 Å². The highest BCUT2D eigenvalue weighted by atomic mass is 35.5. The molecule has 2 heterocycles. The average Bonchev–Trinajstić information content (AvgIpc) is 2.54. The lowest BCUT2D eigenvalue weighted by atomic mass is 9.97. The first-order valence-electron chi connectivity index (χ1n) is 8.30. The smallest absolute Gasteiger partial charge is 0.129 e. The molecule has 3 rings (SSSR count). The molecule has 2 fully saturated rings. The molecule has 0 spiro atoms. The summed E-state index contributed by atoms with van der Waals surface area (Å²) in [6.07, 6.45) is 2.59. The van der Waals surface area contributed by atoms with Gasteiger partial charge in [0.15, 0.2) is 0 Å². The largest absolute Gasteiger partial charge is 0.317 e. The van der Waals surface area contributed by atoms with E-state index in [0.717, 1.165) is 45.2 Å². The normalized spacial score (nSPS) is 21.1. The van der Waals surface area contributed by atoms with Crippen LogP contribution >= 0.6 is 24.0 Å². The van der Waals surface area contributed by atoms with E-state index in [9.17, 15) is 4.39 Å². The molecule has 1 aromatic rings. The Morgan fingerprint density at radius 3 is 2.39 bits per heavy atom. The highest BCUT2D eigenvalue weighted by molar-refractivity contribution is 6.31. The first-order chi connectivity index (χ1) is 10.7. The van der Waals surface area contributed by atoms with Crippen molar-refractivity contribution < 1.29 is 4.39 Å². The van der Waals surface area contributed by atoms with Gasteiger partial charge in [0.2, 0.25) is 0 Å². The minimum atomic E-state index is -0.190. The molecule has 0 saturated carbocycles. The monoisotopic (exact) mass is 361 g/mol. The second kappa shape index (κ2) is 9.19. The van der Waals surface area contributed by atoms with Crippen LogP contribution in [0.15, 0.2) is 18.2 Å². The molecule has 23 heavy (non-hydrogen) atoms. The van der Waals surface area contributed by atoms with Gasteiger partial charge >= 0.3 is 0 Å². The van der Waals surface area contributed by atoms with Gasteiger partial charge in [-0.05, 0) is 44.0 Å². The van der Waals surface area contributed by atoms with Crippen LogP contribution < -0.4 is 5.32 Å². The molecule has 0 amide bonds. The molecule has 2 saturated heterocycles. The average molecular weight is 362 g/mol. The summed E-state index contributed by atoms with van der Waals surface area (Å²) in [5, 5.41) is 3.96. The van der Waals surface area contributed by atoms with Gasteiger partial charge in [-0.2, -0.15) is 0 Å². The fourth-order valence-electron chi connectivity index (χ4n) is 3.47. The lowest BCUT2D eigenvalue weighted by Gasteiger charge is -2.37. The summed E-state index contributed by atoms with van der Waals surface area (Å²) in [7, 11) is 0. The molecule has 0 unspecified atom stereocenters. The van der Waals surface area contributed by atoms with E-state index < -0.39 is 0 Å². The van der Waals surface area contributed by atoms with Gasteiger partial charge in [-0.15, -0.1) is 12.4 Å². The highest BCUT2D eigenvalue weighted by Gasteiger charge is 2.22. The van der Waals surface area contributed by atoms with E-state index in [4.69, 9.17) is 11.6 Å². The van der Waals surface area contributed by atoms with Gasteiger partial charge < -0.3 is 10.2 Å². The molecule has 0 radical (unpaired) electrons. The van der Waals surface area contributed by atoms with Crippen LogP contribution in [-0.2, 0) is 6.54 Å². The summed E-state index contributed by atoms with van der Waals surface area (Å²) in [6, 6.07) is 4.93. The zero-order valence-corrected chi connectivity index (χ0v) is 15.0. The third-order valence-electron chi connectivity index (χ3n) is 4.88. The van der Waals surface area contributed by atoms with E-state index in [2.05, 4.69) is 15.1 Å². The van der Waals surface area contributed by atoms with Crippen LogP contribution in [0, 0.1) is 11.7 Å². The van der Waals surface area contributed by atoms with Crippen molar-refractivity contribution in [1.82, 2.24) is 15.1 Å². The summed E-state index contributed by atoms with van der Waals surface area (Å²) >= 11 is 6.12. The van der Waals surface area contributed by atoms with Gasteiger partial charge in [0.1, 0.15) is 5.82 Å². The number of hydrogen-bond acceptors (Lipinski definition) is 3. The zero-order chi connectivity index (χ0) is 15.4. The Hall–Kier alpha value is -0.390. The number of nitrogens with zero attached hydrogens (tertiary/aromatic N) is 2. The molecule has 3 nitrogen and oxygen atoms in total. The fourth-order valence-corrected chi connectivity index (χ4v) is 3.69. The van der Waals surface area contributed by atoms with Crippen molar-refractivity contribution in [3.8, 4) is 0 Å². The molecule has 2 aliphatic rings. The Balaban J connectivity index is 0.00000192. The standard InChI is InChI=1S/C17H25ClFN3.ClH/c18-16-2-1-3-17(19)15(16)13-22-10-8-21(9-11-22)12-14-4-6-20-7-5-14;/h1-3,14,20H,4-13H2;1H. The van der Waals surface area contributed by atoms with Crippen molar-refractivity contribution in [2.75, 3.05) is 45.8 Å². The van der Waals surface area contributed by atoms with Crippen LogP contribution in [0.4, 0.5) is 4.39 Å². The minimum Gasteiger partial charge on any atom is -0.317 e. The fraction of sp³-hybridized carbons (Fsp3) is 0.647. The van der Waals surface area contributed by atoms with Gasteiger partial charge in [-0.3, -0.25) is 4.90 Å². The van der Waals surface area contributed by atoms with Gasteiger partial charge in [0, 0.05) is 49.9 Å². The Morgan fingerprint density at radius 2 is 1.74 bits per heavy atom. The number of benzene rings is 1. The first-order valence-corrected chi connectivity index (χ1v) is 8.68. The first kappa shape index (κ1) is 18.9. The Bertz CT molecular complexity index is 466. The second-order valence-corrected chi connectivity index (χ2v) is 6.88. The van der Waals surface area contributed by atoms with Crippen molar-refractivity contribution in [2.45, 2.75) is 19.4 Å². The highest BCUT2D eigenvalue weighted by Crippen LogP contribution is 2.22. The molecule has 0 aromatic heterocycles. The van der Waals surface area contributed by atoms with E-state index in [1.54, 1.807) is 12.1 Å². The third-order valence-corrected chi connectivity index (χ3v) is 5.24. The van der Waals surface area contributed by atoms with Crippen molar-refractivity contribution in [3.63, 3.8) is 0 Å². The molecular formula is C17H26Cl2FN3. The van der Waals surface area contributed by atoms with Crippen LogP contribution in [0.25, 0.3) is 0 Å². The maximum Gasteiger partial charge on any atom is 0.129 e. The number of halogens is 3. The van der Waals surface area contributed by atoms with E-state index in [1.165, 1.54) is 25.5 Å². The van der Waals surface area contributed by atoms with Gasteiger partial charge in [-0.25, -0.2) is 4.39 Å². The molecule has 1 aromatic carbocycles. The Morgan fingerprint density at radius 1 is 1.09 bits per heavy atom. The summed E-state index contributed by atoms with van der Waals surface area (Å²) < 4.78 is 13.9. The predicted molar refractivity (Wildman–Crippen MR) is 96.0 cm³/mol. The topological polar surface area (TPSA) is 18.5 Å². The van der Waals surface area contributed by atoms with Gasteiger partial charge in [-0.1, -0.05) is 17.7 Å². The Kier molecular flexibility index (Phi) is 7.57. The van der Waals surface area contributed by atoms with Crippen molar-refractivity contribution in [1.29, 1.82) is 0 Å². The van der Waals surface area contributed by atoms with E-state index in [1.807, 2.05) is 0 Å². The quantitative estimate of drug-likeness (QED) is 0.888. The molecule has 0 aliphatic carbocycles. The number of nitrogens with one attached hydrogen (secondary N) is 1. The zero-order valence-electron chi connectivity index (χ0n) is 13.4. The molecule has 6 heteroatoms. The van der Waals surface area contributed by atoms with Crippen LogP contribution in [-0.4, -0.2) is 55.6 Å². The van der Waals surface area contributed by atoms with Gasteiger partial charge in [0.25, 0.3) is 0 Å². The summed E-state index contributed by atoms with van der Waals surface area (Å²) in [5.74, 6) is 0.651. The second-order valence-electron chi connectivity index (χ2n) is 6.47. The third kappa shape index (κ3) is 5.30. The SMILES string of the molecule is Cl.Fc1cccc(Cl)c1CN1CCN(CC2CCNCC2)CC1. The molecule has 1 N–H and O–H groups in total. The van der Waals surface area contributed by atoms with Crippen LogP contribution in [0.5, 0.6) is 0 Å². The maximum absolute atomic E-state index is 13.9. The van der Waals surface area contributed by atoms with Crippen LogP contribution in [0.1, 0.15) is 18.4 Å². The Labute approximate surface area is 149 Å². The summed E-state index contributed by atoms with van der Waals surface area (Å²) in [5.41, 5.74) is 0.635. The molecular weight excluding hydrogens is 336 g/mol. The van der Waals surface area contributed by atoms with Crippen LogP contribution in [0.3, 0.4) is 0 Å². The summed E-state index contributed by atoms with van der Waals surface area (Å²) in [4.78, 5) is 4.87. The summed E-state index contributed by atoms with van der Waals surface area (Å²) in [6.45, 7) is 8.31. The molecule has 130 valence electrons. The number of rotatable bonds is 4. The van der Waals surface area contributed by atoms with E-state index >= 15 is 0 Å². The lowest BCUT2D eigenvalue weighted by molar-refractivity contribution is 0.106. The van der Waals surface area contributed by atoms with E-state index in [0.29, 0.717) is 17.1 Å². The molecule has 0 atom stereocenters. The lowest BCUT2D eigenvalue weighted by Crippen LogP contribution is -2.48. The minimum absolute atomic E-state index is 0. The van der Waals surface area contributed by atoms with Crippen molar-refractivity contribution >= 4 is 24.0 Å². The number of piperidine rings is 1.